The van der Waals surface area contributed by atoms with Crippen molar-refractivity contribution in [3.05, 3.63) is 59.7 Å². The van der Waals surface area contributed by atoms with Crippen LogP contribution in [0.25, 0.3) is 0 Å². The number of benzene rings is 2. The van der Waals surface area contributed by atoms with E-state index in [0.717, 1.165) is 5.56 Å². The van der Waals surface area contributed by atoms with Crippen molar-refractivity contribution in [3.8, 4) is 5.75 Å². The summed E-state index contributed by atoms with van der Waals surface area (Å²) >= 11 is 0. The molecule has 0 unspecified atom stereocenters. The van der Waals surface area contributed by atoms with Gasteiger partial charge in [0.1, 0.15) is 5.75 Å². The molecule has 6 nitrogen and oxygen atoms in total. The molecule has 0 aromatic heterocycles. The number of amides is 3. The molecule has 1 aliphatic rings. The Labute approximate surface area is 138 Å². The highest BCUT2D eigenvalue weighted by molar-refractivity contribution is 6.05. The molecule has 0 saturated carbocycles. The number of nitrogens with one attached hydrogen (secondary N) is 2. The number of phenolic OH excluding ortho intramolecular Hbond substituents is 1. The monoisotopic (exact) mass is 324 g/mol. The van der Waals surface area contributed by atoms with Gasteiger partial charge >= 0.3 is 0 Å². The minimum absolute atomic E-state index is 0.000571. The first kappa shape index (κ1) is 15.7. The number of anilines is 1. The van der Waals surface area contributed by atoms with Gasteiger partial charge in [-0.15, -0.1) is 0 Å². The van der Waals surface area contributed by atoms with E-state index in [-0.39, 0.29) is 35.8 Å². The van der Waals surface area contributed by atoms with Gasteiger partial charge in [0, 0.05) is 12.0 Å². The molecule has 3 N–H and O–H groups in total. The van der Waals surface area contributed by atoms with Gasteiger partial charge < -0.3 is 10.4 Å². The molecule has 2 aromatic rings. The average molecular weight is 324 g/mol. The zero-order valence-corrected chi connectivity index (χ0v) is 12.8. The molecule has 1 atom stereocenters. The van der Waals surface area contributed by atoms with Crippen LogP contribution in [0.1, 0.15) is 22.3 Å². The van der Waals surface area contributed by atoms with E-state index in [1.54, 1.807) is 42.5 Å². The summed E-state index contributed by atoms with van der Waals surface area (Å²) in [5.74, 6) is -1.18. The lowest BCUT2D eigenvalue weighted by Gasteiger charge is -2.09. The number of hydrogen-bond acceptors (Lipinski definition) is 4. The molecule has 1 heterocycles. The quantitative estimate of drug-likeness (QED) is 0.591. The molecule has 0 spiro atoms. The lowest BCUT2D eigenvalue weighted by Crippen LogP contribution is -2.22. The number of hydrogen-bond donors (Lipinski definition) is 3. The van der Waals surface area contributed by atoms with Crippen molar-refractivity contribution in [1.29, 1.82) is 0 Å². The van der Waals surface area contributed by atoms with Gasteiger partial charge in [0.2, 0.25) is 11.8 Å². The van der Waals surface area contributed by atoms with Crippen molar-refractivity contribution in [1.82, 2.24) is 5.32 Å². The van der Waals surface area contributed by atoms with Gasteiger partial charge in [-0.3, -0.25) is 19.7 Å². The molecule has 1 saturated heterocycles. The maximum absolute atomic E-state index is 12.2. The lowest BCUT2D eigenvalue weighted by atomic mass is 9.97. The summed E-state index contributed by atoms with van der Waals surface area (Å²) in [5, 5.41) is 14.6. The summed E-state index contributed by atoms with van der Waals surface area (Å²) in [4.78, 5) is 35.0. The van der Waals surface area contributed by atoms with Crippen LogP contribution >= 0.6 is 0 Å². The number of aromatic hydroxyl groups is 1. The standard InChI is InChI=1S/C18H16N2O4/c21-15-4-2-1-3-14(15)19-17(23)12-7-5-11(6-8-12)9-13-10-16(22)20-18(13)24/h1-8,13,21H,9-10H2,(H,19,23)(H,20,22,24)/t13-/m1/s1. The number of para-hydroxylation sites is 2. The molecular formula is C18H16N2O4. The first-order valence-corrected chi connectivity index (χ1v) is 7.55. The first-order valence-electron chi connectivity index (χ1n) is 7.55. The van der Waals surface area contributed by atoms with E-state index in [0.29, 0.717) is 17.7 Å². The molecule has 24 heavy (non-hydrogen) atoms. The smallest absolute Gasteiger partial charge is 0.255 e. The Bertz CT molecular complexity index is 799. The third kappa shape index (κ3) is 3.43. The highest BCUT2D eigenvalue weighted by Crippen LogP contribution is 2.22. The zero-order valence-electron chi connectivity index (χ0n) is 12.8. The number of phenols is 1. The molecule has 2 aromatic carbocycles. The van der Waals surface area contributed by atoms with Crippen LogP contribution < -0.4 is 10.6 Å². The van der Waals surface area contributed by atoms with Crippen LogP contribution in [0.4, 0.5) is 5.69 Å². The fourth-order valence-electron chi connectivity index (χ4n) is 2.62. The summed E-state index contributed by atoms with van der Waals surface area (Å²) < 4.78 is 0. The second kappa shape index (κ2) is 6.54. The summed E-state index contributed by atoms with van der Waals surface area (Å²) in [7, 11) is 0. The molecule has 1 aliphatic heterocycles. The molecule has 3 amide bonds. The summed E-state index contributed by atoms with van der Waals surface area (Å²) in [5.41, 5.74) is 1.66. The van der Waals surface area contributed by atoms with E-state index in [2.05, 4.69) is 10.6 Å². The third-order valence-electron chi connectivity index (χ3n) is 3.92. The molecule has 1 fully saturated rings. The Balaban J connectivity index is 1.66. The van der Waals surface area contributed by atoms with E-state index < -0.39 is 0 Å². The van der Waals surface area contributed by atoms with E-state index in [9.17, 15) is 19.5 Å². The molecular weight excluding hydrogens is 308 g/mol. The fourth-order valence-corrected chi connectivity index (χ4v) is 2.62. The summed E-state index contributed by atoms with van der Waals surface area (Å²) in [6.45, 7) is 0. The summed E-state index contributed by atoms with van der Waals surface area (Å²) in [6, 6.07) is 13.3. The maximum atomic E-state index is 12.2. The van der Waals surface area contributed by atoms with Crippen LogP contribution in [0.5, 0.6) is 5.75 Å². The molecule has 0 radical (unpaired) electrons. The Morgan fingerprint density at radius 3 is 2.46 bits per heavy atom. The van der Waals surface area contributed by atoms with Gasteiger partial charge in [0.25, 0.3) is 5.91 Å². The van der Waals surface area contributed by atoms with Crippen LogP contribution in [0.15, 0.2) is 48.5 Å². The SMILES string of the molecule is O=C1C[C@@H](Cc2ccc(C(=O)Nc3ccccc3O)cc2)C(=O)N1. The Hall–Kier alpha value is -3.15. The molecule has 0 bridgehead atoms. The number of carbonyl (C=O) groups excluding carboxylic acids is 3. The molecule has 0 aliphatic carbocycles. The van der Waals surface area contributed by atoms with Crippen LogP contribution in [0.2, 0.25) is 0 Å². The minimum atomic E-state index is -0.349. The number of carbonyl (C=O) groups is 3. The topological polar surface area (TPSA) is 95.5 Å². The van der Waals surface area contributed by atoms with Gasteiger partial charge in [-0.1, -0.05) is 24.3 Å². The summed E-state index contributed by atoms with van der Waals surface area (Å²) in [6.07, 6.45) is 0.660. The predicted octanol–water partition coefficient (Wildman–Crippen LogP) is 1.85. The molecule has 122 valence electrons. The normalized spacial score (nSPS) is 16.8. The van der Waals surface area contributed by atoms with E-state index in [4.69, 9.17) is 0 Å². The van der Waals surface area contributed by atoms with Crippen molar-refractivity contribution in [2.75, 3.05) is 5.32 Å². The van der Waals surface area contributed by atoms with Crippen molar-refractivity contribution >= 4 is 23.4 Å². The molecule has 3 rings (SSSR count). The van der Waals surface area contributed by atoms with Gasteiger partial charge in [-0.2, -0.15) is 0 Å². The Kier molecular flexibility index (Phi) is 4.29. The van der Waals surface area contributed by atoms with E-state index >= 15 is 0 Å². The Morgan fingerprint density at radius 2 is 1.83 bits per heavy atom. The number of rotatable bonds is 4. The highest BCUT2D eigenvalue weighted by Gasteiger charge is 2.30. The van der Waals surface area contributed by atoms with Crippen LogP contribution in [0.3, 0.4) is 0 Å². The second-order valence-electron chi connectivity index (χ2n) is 5.69. The molecule has 6 heteroatoms. The Morgan fingerprint density at radius 1 is 1.12 bits per heavy atom. The van der Waals surface area contributed by atoms with E-state index in [1.807, 2.05) is 0 Å². The highest BCUT2D eigenvalue weighted by atomic mass is 16.3. The van der Waals surface area contributed by atoms with Gasteiger partial charge in [0.15, 0.2) is 0 Å². The van der Waals surface area contributed by atoms with Crippen molar-refractivity contribution in [2.45, 2.75) is 12.8 Å². The van der Waals surface area contributed by atoms with Gasteiger partial charge in [-0.25, -0.2) is 0 Å². The van der Waals surface area contributed by atoms with Crippen molar-refractivity contribution in [2.24, 2.45) is 5.92 Å². The van der Waals surface area contributed by atoms with Crippen LogP contribution in [-0.4, -0.2) is 22.8 Å². The van der Waals surface area contributed by atoms with Gasteiger partial charge in [0.05, 0.1) is 11.6 Å². The average Bonchev–Trinajstić information content (AvgIpc) is 2.88. The largest absolute Gasteiger partial charge is 0.506 e. The van der Waals surface area contributed by atoms with Crippen LogP contribution in [0, 0.1) is 5.92 Å². The third-order valence-corrected chi connectivity index (χ3v) is 3.92. The van der Waals surface area contributed by atoms with Crippen molar-refractivity contribution in [3.63, 3.8) is 0 Å². The minimum Gasteiger partial charge on any atom is -0.506 e. The number of imide groups is 1. The van der Waals surface area contributed by atoms with Crippen molar-refractivity contribution < 1.29 is 19.5 Å². The second-order valence-corrected chi connectivity index (χ2v) is 5.69. The zero-order chi connectivity index (χ0) is 17.1. The lowest BCUT2D eigenvalue weighted by molar-refractivity contribution is -0.125. The first-order chi connectivity index (χ1) is 11.5. The van der Waals surface area contributed by atoms with E-state index in [1.165, 1.54) is 6.07 Å². The van der Waals surface area contributed by atoms with Gasteiger partial charge in [-0.05, 0) is 36.2 Å². The maximum Gasteiger partial charge on any atom is 0.255 e. The van der Waals surface area contributed by atoms with Crippen LogP contribution in [-0.2, 0) is 16.0 Å². The predicted molar refractivity (Wildman–Crippen MR) is 87.5 cm³/mol. The fraction of sp³-hybridized carbons (Fsp3) is 0.167.